The highest BCUT2D eigenvalue weighted by molar-refractivity contribution is 5.99. The van der Waals surface area contributed by atoms with Gasteiger partial charge in [-0.1, -0.05) is 6.92 Å². The molecule has 0 saturated carbocycles. The topological polar surface area (TPSA) is 80.5 Å². The SMILES string of the molecule is C[C@H](CC(=O)N(C)C)C(=O)CC(N)=O. The molecule has 14 heavy (non-hydrogen) atoms. The van der Waals surface area contributed by atoms with Crippen molar-refractivity contribution in [1.29, 1.82) is 0 Å². The van der Waals surface area contributed by atoms with E-state index in [0.717, 1.165) is 0 Å². The molecule has 0 bridgehead atoms. The Balaban J connectivity index is 4.08. The van der Waals surface area contributed by atoms with E-state index in [4.69, 9.17) is 5.73 Å². The van der Waals surface area contributed by atoms with Gasteiger partial charge in [0.1, 0.15) is 5.78 Å². The lowest BCUT2D eigenvalue weighted by molar-refractivity contribution is -0.135. The Morgan fingerprint density at radius 1 is 1.29 bits per heavy atom. The molecule has 0 radical (unpaired) electrons. The summed E-state index contributed by atoms with van der Waals surface area (Å²) in [5.74, 6) is -1.51. The lowest BCUT2D eigenvalue weighted by atomic mass is 9.99. The zero-order valence-corrected chi connectivity index (χ0v) is 8.74. The van der Waals surface area contributed by atoms with E-state index in [1.165, 1.54) is 4.90 Å². The number of Topliss-reactive ketones (excluding diaryl/α,β-unsaturated/α-hetero) is 1. The van der Waals surface area contributed by atoms with Gasteiger partial charge in [-0.15, -0.1) is 0 Å². The molecule has 0 aromatic carbocycles. The summed E-state index contributed by atoms with van der Waals surface area (Å²) in [6, 6.07) is 0. The summed E-state index contributed by atoms with van der Waals surface area (Å²) >= 11 is 0. The maximum absolute atomic E-state index is 11.2. The molecule has 0 aliphatic heterocycles. The van der Waals surface area contributed by atoms with Gasteiger partial charge in [-0.2, -0.15) is 0 Å². The largest absolute Gasteiger partial charge is 0.369 e. The predicted molar refractivity (Wildman–Crippen MR) is 51.3 cm³/mol. The van der Waals surface area contributed by atoms with Gasteiger partial charge in [-0.3, -0.25) is 14.4 Å². The van der Waals surface area contributed by atoms with Crippen molar-refractivity contribution in [3.05, 3.63) is 0 Å². The number of primary amides is 1. The first kappa shape index (κ1) is 12.6. The van der Waals surface area contributed by atoms with Crippen LogP contribution in [0.1, 0.15) is 19.8 Å². The van der Waals surface area contributed by atoms with E-state index in [2.05, 4.69) is 0 Å². The van der Waals surface area contributed by atoms with Crippen molar-refractivity contribution < 1.29 is 14.4 Å². The maximum Gasteiger partial charge on any atom is 0.224 e. The number of hydrogen-bond acceptors (Lipinski definition) is 3. The monoisotopic (exact) mass is 200 g/mol. The van der Waals surface area contributed by atoms with Crippen molar-refractivity contribution in [3.8, 4) is 0 Å². The van der Waals surface area contributed by atoms with Gasteiger partial charge in [0.25, 0.3) is 0 Å². The number of hydrogen-bond donors (Lipinski definition) is 1. The molecule has 0 saturated heterocycles. The van der Waals surface area contributed by atoms with Crippen molar-refractivity contribution in [1.82, 2.24) is 4.90 Å². The summed E-state index contributed by atoms with van der Waals surface area (Å²) in [7, 11) is 3.24. The van der Waals surface area contributed by atoms with E-state index in [0.29, 0.717) is 0 Å². The fraction of sp³-hybridized carbons (Fsp3) is 0.667. The summed E-state index contributed by atoms with van der Waals surface area (Å²) in [6.45, 7) is 1.62. The van der Waals surface area contributed by atoms with Crippen LogP contribution >= 0.6 is 0 Å². The fourth-order valence-electron chi connectivity index (χ4n) is 0.904. The quantitative estimate of drug-likeness (QED) is 0.610. The van der Waals surface area contributed by atoms with E-state index < -0.39 is 11.8 Å². The smallest absolute Gasteiger partial charge is 0.224 e. The molecule has 2 N–H and O–H groups in total. The van der Waals surface area contributed by atoms with Gasteiger partial charge >= 0.3 is 0 Å². The van der Waals surface area contributed by atoms with Crippen LogP contribution in [-0.4, -0.2) is 36.6 Å². The summed E-state index contributed by atoms with van der Waals surface area (Å²) < 4.78 is 0. The molecule has 5 nitrogen and oxygen atoms in total. The van der Waals surface area contributed by atoms with Gasteiger partial charge in [-0.05, 0) is 0 Å². The average Bonchev–Trinajstić information content (AvgIpc) is 2.02. The predicted octanol–water partition coefficient (Wildman–Crippen LogP) is -0.455. The molecule has 0 aromatic heterocycles. The van der Waals surface area contributed by atoms with E-state index in [9.17, 15) is 14.4 Å². The molecule has 0 heterocycles. The third-order valence-corrected chi connectivity index (χ3v) is 1.88. The lowest BCUT2D eigenvalue weighted by Gasteiger charge is -2.13. The molecule has 0 aromatic rings. The van der Waals surface area contributed by atoms with Gasteiger partial charge < -0.3 is 10.6 Å². The molecule has 0 unspecified atom stereocenters. The minimum absolute atomic E-state index is 0.124. The van der Waals surface area contributed by atoms with E-state index in [1.54, 1.807) is 21.0 Å². The Bertz CT molecular complexity index is 248. The second kappa shape index (κ2) is 5.36. The molecule has 2 amide bonds. The van der Waals surface area contributed by atoms with Crippen molar-refractivity contribution in [2.75, 3.05) is 14.1 Å². The van der Waals surface area contributed by atoms with Gasteiger partial charge in [0, 0.05) is 26.4 Å². The van der Waals surface area contributed by atoms with Crippen molar-refractivity contribution in [2.24, 2.45) is 11.7 Å². The third kappa shape index (κ3) is 4.59. The Kier molecular flexibility index (Phi) is 4.83. The van der Waals surface area contributed by atoms with Crippen LogP contribution in [0.15, 0.2) is 0 Å². The van der Waals surface area contributed by atoms with Crippen LogP contribution in [0.3, 0.4) is 0 Å². The van der Waals surface area contributed by atoms with E-state index in [-0.39, 0.29) is 24.5 Å². The summed E-state index contributed by atoms with van der Waals surface area (Å²) in [4.78, 5) is 34.3. The normalized spacial score (nSPS) is 11.9. The van der Waals surface area contributed by atoms with Crippen LogP contribution in [0.4, 0.5) is 0 Å². The number of carbonyl (C=O) groups is 3. The second-order valence-electron chi connectivity index (χ2n) is 3.50. The minimum Gasteiger partial charge on any atom is -0.369 e. The zero-order chi connectivity index (χ0) is 11.3. The standard InChI is InChI=1S/C9H16N2O3/c1-6(4-9(14)11(2)3)7(12)5-8(10)13/h6H,4-5H2,1-3H3,(H2,10,13)/t6-/m1/s1. The third-order valence-electron chi connectivity index (χ3n) is 1.88. The highest BCUT2D eigenvalue weighted by Gasteiger charge is 2.19. The summed E-state index contributed by atoms with van der Waals surface area (Å²) in [6.07, 6.45) is -0.166. The zero-order valence-electron chi connectivity index (χ0n) is 8.74. The Morgan fingerprint density at radius 2 is 1.79 bits per heavy atom. The van der Waals surface area contributed by atoms with Gasteiger partial charge in [0.2, 0.25) is 11.8 Å². The molecule has 80 valence electrons. The molecule has 0 aliphatic carbocycles. The first-order valence-electron chi connectivity index (χ1n) is 4.35. The van der Waals surface area contributed by atoms with Crippen LogP contribution in [0.25, 0.3) is 0 Å². The van der Waals surface area contributed by atoms with Gasteiger partial charge in [0.15, 0.2) is 0 Å². The molecular weight excluding hydrogens is 184 g/mol. The first-order valence-corrected chi connectivity index (χ1v) is 4.35. The molecular formula is C9H16N2O3. The van der Waals surface area contributed by atoms with Crippen molar-refractivity contribution in [3.63, 3.8) is 0 Å². The summed E-state index contributed by atoms with van der Waals surface area (Å²) in [5.41, 5.74) is 4.87. The van der Waals surface area contributed by atoms with Gasteiger partial charge in [0.05, 0.1) is 6.42 Å². The maximum atomic E-state index is 11.2. The van der Waals surface area contributed by atoms with Crippen LogP contribution < -0.4 is 5.73 Å². The number of rotatable bonds is 5. The van der Waals surface area contributed by atoms with Crippen LogP contribution in [0.5, 0.6) is 0 Å². The molecule has 0 rings (SSSR count). The number of carbonyl (C=O) groups excluding carboxylic acids is 3. The Hall–Kier alpha value is -1.39. The fourth-order valence-corrected chi connectivity index (χ4v) is 0.904. The molecule has 5 heteroatoms. The molecule has 0 spiro atoms. The van der Waals surface area contributed by atoms with E-state index in [1.807, 2.05) is 0 Å². The Labute approximate surface area is 83.2 Å². The van der Waals surface area contributed by atoms with Gasteiger partial charge in [-0.25, -0.2) is 0 Å². The first-order chi connectivity index (χ1) is 6.34. The van der Waals surface area contributed by atoms with Crippen molar-refractivity contribution >= 4 is 17.6 Å². The highest BCUT2D eigenvalue weighted by atomic mass is 16.2. The van der Waals surface area contributed by atoms with Crippen molar-refractivity contribution in [2.45, 2.75) is 19.8 Å². The second-order valence-corrected chi connectivity index (χ2v) is 3.50. The number of ketones is 1. The van der Waals surface area contributed by atoms with Crippen LogP contribution in [0.2, 0.25) is 0 Å². The van der Waals surface area contributed by atoms with Crippen LogP contribution in [0, 0.1) is 5.92 Å². The number of amides is 2. The van der Waals surface area contributed by atoms with Crippen LogP contribution in [-0.2, 0) is 14.4 Å². The highest BCUT2D eigenvalue weighted by Crippen LogP contribution is 2.07. The lowest BCUT2D eigenvalue weighted by Crippen LogP contribution is -2.28. The average molecular weight is 200 g/mol. The Morgan fingerprint density at radius 3 is 2.14 bits per heavy atom. The van der Waals surface area contributed by atoms with E-state index >= 15 is 0 Å². The molecule has 1 atom stereocenters. The molecule has 0 aliphatic rings. The number of nitrogens with zero attached hydrogens (tertiary/aromatic N) is 1. The molecule has 0 fully saturated rings. The minimum atomic E-state index is -0.654. The summed E-state index contributed by atoms with van der Waals surface area (Å²) in [5, 5.41) is 0. The number of nitrogens with two attached hydrogens (primary N) is 1.